The van der Waals surface area contributed by atoms with Gasteiger partial charge in [0.05, 0.1) is 12.8 Å². The maximum Gasteiger partial charge on any atom is 0.151 e. The summed E-state index contributed by atoms with van der Waals surface area (Å²) >= 11 is 0. The second kappa shape index (κ2) is 8.24. The van der Waals surface area contributed by atoms with Gasteiger partial charge in [-0.1, -0.05) is 24.3 Å². The lowest BCUT2D eigenvalue weighted by atomic mass is 10.0. The molecule has 0 unspecified atom stereocenters. The highest BCUT2D eigenvalue weighted by molar-refractivity contribution is 5.64. The van der Waals surface area contributed by atoms with Crippen LogP contribution in [0.2, 0.25) is 0 Å². The zero-order valence-corrected chi connectivity index (χ0v) is 14.0. The van der Waals surface area contributed by atoms with Gasteiger partial charge in [0.25, 0.3) is 0 Å². The summed E-state index contributed by atoms with van der Waals surface area (Å²) in [7, 11) is 0. The van der Waals surface area contributed by atoms with Crippen molar-refractivity contribution in [3.8, 4) is 16.9 Å². The maximum absolute atomic E-state index is 9.16. The molecule has 2 aromatic rings. The first-order valence-electron chi connectivity index (χ1n) is 8.40. The van der Waals surface area contributed by atoms with Crippen LogP contribution in [0.3, 0.4) is 0 Å². The van der Waals surface area contributed by atoms with Gasteiger partial charge in [0.2, 0.25) is 0 Å². The fourth-order valence-corrected chi connectivity index (χ4v) is 2.59. The molecule has 1 aromatic carbocycles. The second-order valence-corrected chi connectivity index (χ2v) is 6.07. The summed E-state index contributed by atoms with van der Waals surface area (Å²) in [5.41, 5.74) is 3.31. The molecule has 5 nitrogen and oxygen atoms in total. The van der Waals surface area contributed by atoms with E-state index in [-0.39, 0.29) is 0 Å². The van der Waals surface area contributed by atoms with Crippen LogP contribution in [-0.4, -0.2) is 47.7 Å². The van der Waals surface area contributed by atoms with Crippen molar-refractivity contribution in [1.29, 1.82) is 0 Å². The average molecular weight is 328 g/mol. The Morgan fingerprint density at radius 3 is 2.83 bits per heavy atom. The van der Waals surface area contributed by atoms with E-state index in [2.05, 4.69) is 28.1 Å². The van der Waals surface area contributed by atoms with E-state index in [1.54, 1.807) is 13.1 Å². The highest BCUT2D eigenvalue weighted by atomic mass is 16.6. The van der Waals surface area contributed by atoms with E-state index in [0.29, 0.717) is 13.3 Å². The Bertz CT molecular complexity index is 657. The maximum atomic E-state index is 9.16. The SMILES string of the molecule is C[C@@H](O)OCCc1cccc(-c2cncc(OCN3CCC3)c2)c1. The zero-order valence-electron chi connectivity index (χ0n) is 14.0. The topological polar surface area (TPSA) is 54.8 Å². The van der Waals surface area contributed by atoms with Gasteiger partial charge in [-0.25, -0.2) is 0 Å². The number of likely N-dealkylation sites (tertiary alicyclic amines) is 1. The van der Waals surface area contributed by atoms with E-state index in [4.69, 9.17) is 14.6 Å². The van der Waals surface area contributed by atoms with Gasteiger partial charge in [-0.3, -0.25) is 9.88 Å². The molecule has 0 aliphatic carbocycles. The summed E-state index contributed by atoms with van der Waals surface area (Å²) in [5, 5.41) is 9.16. The molecule has 24 heavy (non-hydrogen) atoms. The third-order valence-corrected chi connectivity index (χ3v) is 4.09. The number of hydrogen-bond acceptors (Lipinski definition) is 5. The normalized spacial score (nSPS) is 15.8. The van der Waals surface area contributed by atoms with Crippen LogP contribution in [0.5, 0.6) is 5.75 Å². The van der Waals surface area contributed by atoms with Crippen LogP contribution in [-0.2, 0) is 11.2 Å². The lowest BCUT2D eigenvalue weighted by Crippen LogP contribution is -2.39. The molecule has 0 amide bonds. The van der Waals surface area contributed by atoms with Crippen molar-refractivity contribution in [2.75, 3.05) is 26.4 Å². The van der Waals surface area contributed by atoms with E-state index in [1.807, 2.05) is 18.3 Å². The second-order valence-electron chi connectivity index (χ2n) is 6.07. The summed E-state index contributed by atoms with van der Waals surface area (Å²) in [6, 6.07) is 10.3. The fourth-order valence-electron chi connectivity index (χ4n) is 2.59. The third-order valence-electron chi connectivity index (χ3n) is 4.09. The minimum atomic E-state index is -0.724. The van der Waals surface area contributed by atoms with Gasteiger partial charge in [-0.05, 0) is 37.0 Å². The van der Waals surface area contributed by atoms with Crippen molar-refractivity contribution in [2.24, 2.45) is 0 Å². The highest BCUT2D eigenvalue weighted by Gasteiger charge is 2.13. The molecule has 0 bridgehead atoms. The van der Waals surface area contributed by atoms with E-state index in [9.17, 15) is 0 Å². The van der Waals surface area contributed by atoms with Crippen LogP contribution in [0.4, 0.5) is 0 Å². The molecule has 128 valence electrons. The smallest absolute Gasteiger partial charge is 0.151 e. The molecule has 5 heteroatoms. The standard InChI is InChI=1S/C19H24N2O3/c1-15(22)23-9-6-16-4-2-5-17(10-16)18-11-19(13-20-12-18)24-14-21-7-3-8-21/h2,4-5,10-13,15,22H,3,6-9,14H2,1H3/t15-/m0/s1. The third kappa shape index (κ3) is 4.77. The number of ether oxygens (including phenoxy) is 2. The van der Waals surface area contributed by atoms with Crippen molar-refractivity contribution >= 4 is 0 Å². The number of pyridine rings is 1. The van der Waals surface area contributed by atoms with Crippen molar-refractivity contribution < 1.29 is 14.6 Å². The van der Waals surface area contributed by atoms with Crippen LogP contribution < -0.4 is 4.74 Å². The van der Waals surface area contributed by atoms with E-state index in [0.717, 1.165) is 36.4 Å². The molecule has 1 saturated heterocycles. The van der Waals surface area contributed by atoms with Crippen LogP contribution in [0, 0.1) is 0 Å². The largest absolute Gasteiger partial charge is 0.477 e. The molecule has 2 heterocycles. The van der Waals surface area contributed by atoms with E-state index < -0.39 is 6.29 Å². The number of benzene rings is 1. The minimum absolute atomic E-state index is 0.498. The first-order chi connectivity index (χ1) is 11.7. The molecule has 0 saturated carbocycles. The molecule has 1 atom stereocenters. The first kappa shape index (κ1) is 16.9. The van der Waals surface area contributed by atoms with Crippen LogP contribution >= 0.6 is 0 Å². The first-order valence-corrected chi connectivity index (χ1v) is 8.40. The molecule has 1 aromatic heterocycles. The molecule has 0 spiro atoms. The summed E-state index contributed by atoms with van der Waals surface area (Å²) in [6.07, 6.45) is 4.90. The van der Waals surface area contributed by atoms with Gasteiger partial charge in [-0.2, -0.15) is 0 Å². The highest BCUT2D eigenvalue weighted by Crippen LogP contribution is 2.24. The molecular weight excluding hydrogens is 304 g/mol. The number of aliphatic hydroxyl groups excluding tert-OH is 1. The van der Waals surface area contributed by atoms with Crippen molar-refractivity contribution in [3.05, 3.63) is 48.3 Å². The molecule has 0 radical (unpaired) electrons. The van der Waals surface area contributed by atoms with Crippen molar-refractivity contribution in [2.45, 2.75) is 26.1 Å². The monoisotopic (exact) mass is 328 g/mol. The molecule has 1 fully saturated rings. The Labute approximate surface area is 142 Å². The molecule has 1 aliphatic rings. The number of rotatable bonds is 8. The van der Waals surface area contributed by atoms with Gasteiger partial charge in [0.15, 0.2) is 6.29 Å². The molecule has 1 N–H and O–H groups in total. The van der Waals surface area contributed by atoms with Crippen LogP contribution in [0.25, 0.3) is 11.1 Å². The van der Waals surface area contributed by atoms with Gasteiger partial charge in [-0.15, -0.1) is 0 Å². The minimum Gasteiger partial charge on any atom is -0.477 e. The average Bonchev–Trinajstić information content (AvgIpc) is 2.54. The predicted octanol–water partition coefficient (Wildman–Crippen LogP) is 2.69. The summed E-state index contributed by atoms with van der Waals surface area (Å²) in [4.78, 5) is 6.56. The van der Waals surface area contributed by atoms with Gasteiger partial charge in [0.1, 0.15) is 12.5 Å². The van der Waals surface area contributed by atoms with Crippen LogP contribution in [0.1, 0.15) is 18.9 Å². The number of nitrogens with zero attached hydrogens (tertiary/aromatic N) is 2. The Hall–Kier alpha value is -1.95. The summed E-state index contributed by atoms with van der Waals surface area (Å²) < 4.78 is 11.0. The van der Waals surface area contributed by atoms with Gasteiger partial charge in [0, 0.05) is 24.8 Å². The number of aromatic nitrogens is 1. The molecule has 3 rings (SSSR count). The predicted molar refractivity (Wildman–Crippen MR) is 92.7 cm³/mol. The zero-order chi connectivity index (χ0) is 16.8. The van der Waals surface area contributed by atoms with Gasteiger partial charge >= 0.3 is 0 Å². The quantitative estimate of drug-likeness (QED) is 0.755. The Kier molecular flexibility index (Phi) is 5.80. The lowest BCUT2D eigenvalue weighted by molar-refractivity contribution is -0.0838. The number of hydrogen-bond donors (Lipinski definition) is 1. The van der Waals surface area contributed by atoms with Gasteiger partial charge < -0.3 is 14.6 Å². The fraction of sp³-hybridized carbons (Fsp3) is 0.421. The van der Waals surface area contributed by atoms with Crippen molar-refractivity contribution in [1.82, 2.24) is 9.88 Å². The van der Waals surface area contributed by atoms with Crippen LogP contribution in [0.15, 0.2) is 42.7 Å². The van der Waals surface area contributed by atoms with E-state index >= 15 is 0 Å². The van der Waals surface area contributed by atoms with E-state index in [1.165, 1.54) is 12.0 Å². The number of aliphatic hydroxyl groups is 1. The van der Waals surface area contributed by atoms with Crippen molar-refractivity contribution in [3.63, 3.8) is 0 Å². The molecular formula is C19H24N2O3. The summed E-state index contributed by atoms with van der Waals surface area (Å²) in [6.45, 7) is 4.97. The molecule has 1 aliphatic heterocycles. The lowest BCUT2D eigenvalue weighted by Gasteiger charge is -2.30. The Morgan fingerprint density at radius 1 is 1.21 bits per heavy atom. The Balaban J connectivity index is 1.64. The summed E-state index contributed by atoms with van der Waals surface area (Å²) in [5.74, 6) is 0.794. The Morgan fingerprint density at radius 2 is 2.08 bits per heavy atom.